The number of nitrogens with one attached hydrogen (secondary N) is 1. The first-order valence-corrected chi connectivity index (χ1v) is 9.38. The van der Waals surface area contributed by atoms with Gasteiger partial charge in [-0.15, -0.1) is 0 Å². The SMILES string of the molecule is CCc1cccc(CC)c1NC(=O)C1CC(=O)N(c2ccc(Cl)cc2)C1. The lowest BCUT2D eigenvalue weighted by Gasteiger charge is -2.18. The molecule has 0 saturated carbocycles. The highest BCUT2D eigenvalue weighted by Crippen LogP contribution is 2.29. The van der Waals surface area contributed by atoms with Gasteiger partial charge in [-0.25, -0.2) is 0 Å². The molecule has 1 saturated heterocycles. The van der Waals surface area contributed by atoms with E-state index < -0.39 is 0 Å². The Morgan fingerprint density at radius 3 is 2.31 bits per heavy atom. The number of rotatable bonds is 5. The molecule has 4 nitrogen and oxygen atoms in total. The van der Waals surface area contributed by atoms with E-state index in [9.17, 15) is 9.59 Å². The highest BCUT2D eigenvalue weighted by Gasteiger charge is 2.35. The Hall–Kier alpha value is -2.33. The summed E-state index contributed by atoms with van der Waals surface area (Å²) in [6.07, 6.45) is 1.93. The van der Waals surface area contributed by atoms with E-state index in [-0.39, 0.29) is 24.2 Å². The van der Waals surface area contributed by atoms with Gasteiger partial charge in [0.25, 0.3) is 0 Å². The summed E-state index contributed by atoms with van der Waals surface area (Å²) in [4.78, 5) is 26.9. The number of amides is 2. The van der Waals surface area contributed by atoms with E-state index in [0.717, 1.165) is 35.3 Å². The van der Waals surface area contributed by atoms with Crippen LogP contribution in [0.25, 0.3) is 0 Å². The summed E-state index contributed by atoms with van der Waals surface area (Å²) in [6, 6.07) is 13.2. The van der Waals surface area contributed by atoms with Crippen molar-refractivity contribution in [2.24, 2.45) is 5.92 Å². The Balaban J connectivity index is 1.76. The summed E-state index contributed by atoms with van der Waals surface area (Å²) in [5.74, 6) is -0.481. The fourth-order valence-corrected chi connectivity index (χ4v) is 3.51. The Bertz CT molecular complexity index is 795. The minimum atomic E-state index is -0.354. The second kappa shape index (κ2) is 7.92. The van der Waals surface area contributed by atoms with Crippen LogP contribution in [0.2, 0.25) is 5.02 Å². The molecular weight excluding hydrogens is 348 g/mol. The Kier molecular flexibility index (Phi) is 5.62. The van der Waals surface area contributed by atoms with Crippen molar-refractivity contribution in [2.75, 3.05) is 16.8 Å². The number of anilines is 2. The number of nitrogens with zero attached hydrogens (tertiary/aromatic N) is 1. The normalized spacial score (nSPS) is 16.8. The molecule has 1 unspecified atom stereocenters. The lowest BCUT2D eigenvalue weighted by Crippen LogP contribution is -2.28. The molecule has 26 heavy (non-hydrogen) atoms. The van der Waals surface area contributed by atoms with Crippen molar-refractivity contribution >= 4 is 34.8 Å². The number of carbonyl (C=O) groups excluding carboxylic acids is 2. The smallest absolute Gasteiger partial charge is 0.229 e. The van der Waals surface area contributed by atoms with E-state index in [4.69, 9.17) is 11.6 Å². The van der Waals surface area contributed by atoms with Crippen LogP contribution < -0.4 is 10.2 Å². The number of aryl methyl sites for hydroxylation is 2. The summed E-state index contributed by atoms with van der Waals surface area (Å²) >= 11 is 5.91. The fraction of sp³-hybridized carbons (Fsp3) is 0.333. The maximum Gasteiger partial charge on any atom is 0.229 e. The summed E-state index contributed by atoms with van der Waals surface area (Å²) in [5, 5.41) is 3.71. The second-order valence-corrected chi connectivity index (χ2v) is 6.97. The van der Waals surface area contributed by atoms with Crippen molar-refractivity contribution in [1.29, 1.82) is 0 Å². The van der Waals surface area contributed by atoms with Gasteiger partial charge >= 0.3 is 0 Å². The van der Waals surface area contributed by atoms with Gasteiger partial charge in [0.15, 0.2) is 0 Å². The number of para-hydroxylation sites is 1. The number of hydrogen-bond donors (Lipinski definition) is 1. The van der Waals surface area contributed by atoms with Crippen LogP contribution in [0.15, 0.2) is 42.5 Å². The molecule has 1 fully saturated rings. The first-order chi connectivity index (χ1) is 12.5. The maximum atomic E-state index is 12.8. The first-order valence-electron chi connectivity index (χ1n) is 9.01. The predicted molar refractivity (Wildman–Crippen MR) is 106 cm³/mol. The molecule has 5 heteroatoms. The number of halogens is 1. The van der Waals surface area contributed by atoms with Crippen LogP contribution in [0.3, 0.4) is 0 Å². The van der Waals surface area contributed by atoms with Gasteiger partial charge in [0.2, 0.25) is 11.8 Å². The highest BCUT2D eigenvalue weighted by molar-refractivity contribution is 6.30. The average Bonchev–Trinajstić information content (AvgIpc) is 3.04. The van der Waals surface area contributed by atoms with Crippen LogP contribution in [0.1, 0.15) is 31.4 Å². The molecule has 3 rings (SSSR count). The van der Waals surface area contributed by atoms with Gasteiger partial charge in [0.1, 0.15) is 0 Å². The van der Waals surface area contributed by atoms with Gasteiger partial charge in [-0.3, -0.25) is 9.59 Å². The molecule has 1 aliphatic rings. The third kappa shape index (κ3) is 3.75. The molecular formula is C21H23ClN2O2. The molecule has 2 aromatic carbocycles. The van der Waals surface area contributed by atoms with Crippen LogP contribution >= 0.6 is 11.6 Å². The average molecular weight is 371 g/mol. The Morgan fingerprint density at radius 2 is 1.73 bits per heavy atom. The standard InChI is InChI=1S/C21H23ClN2O2/c1-3-14-6-5-7-15(4-2)20(14)23-21(26)16-12-19(25)24(13-16)18-10-8-17(22)9-11-18/h5-11,16H,3-4,12-13H2,1-2H3,(H,23,26). The van der Waals surface area contributed by atoms with E-state index in [1.54, 1.807) is 17.0 Å². The van der Waals surface area contributed by atoms with Gasteiger partial charge in [-0.05, 0) is 48.2 Å². The summed E-state index contributed by atoms with van der Waals surface area (Å²) in [7, 11) is 0. The molecule has 2 amide bonds. The fourth-order valence-electron chi connectivity index (χ4n) is 3.38. The molecule has 1 heterocycles. The lowest BCUT2D eigenvalue weighted by atomic mass is 10.0. The second-order valence-electron chi connectivity index (χ2n) is 6.53. The summed E-state index contributed by atoms with van der Waals surface area (Å²) < 4.78 is 0. The third-order valence-corrected chi connectivity index (χ3v) is 5.13. The van der Waals surface area contributed by atoms with Crippen LogP contribution in [0, 0.1) is 5.92 Å². The topological polar surface area (TPSA) is 49.4 Å². The molecule has 0 aromatic heterocycles. The van der Waals surface area contributed by atoms with Crippen LogP contribution in [-0.2, 0) is 22.4 Å². The van der Waals surface area contributed by atoms with Crippen molar-refractivity contribution in [3.8, 4) is 0 Å². The maximum absolute atomic E-state index is 12.8. The number of hydrogen-bond acceptors (Lipinski definition) is 2. The van der Waals surface area contributed by atoms with Crippen molar-refractivity contribution in [3.05, 3.63) is 58.6 Å². The van der Waals surface area contributed by atoms with Crippen molar-refractivity contribution < 1.29 is 9.59 Å². The largest absolute Gasteiger partial charge is 0.325 e. The van der Waals surface area contributed by atoms with Crippen molar-refractivity contribution in [2.45, 2.75) is 33.1 Å². The zero-order valence-electron chi connectivity index (χ0n) is 15.1. The third-order valence-electron chi connectivity index (χ3n) is 4.88. The van der Waals surface area contributed by atoms with Crippen LogP contribution in [0.5, 0.6) is 0 Å². The van der Waals surface area contributed by atoms with Crippen molar-refractivity contribution in [1.82, 2.24) is 0 Å². The van der Waals surface area contributed by atoms with Gasteiger partial charge in [0.05, 0.1) is 5.92 Å². The Morgan fingerprint density at radius 1 is 1.12 bits per heavy atom. The zero-order valence-corrected chi connectivity index (χ0v) is 15.8. The van der Waals surface area contributed by atoms with Gasteiger partial charge in [-0.1, -0.05) is 43.6 Å². The van der Waals surface area contributed by atoms with E-state index in [1.807, 2.05) is 30.3 Å². The van der Waals surface area contributed by atoms with E-state index in [2.05, 4.69) is 19.2 Å². The molecule has 0 aliphatic carbocycles. The number of benzene rings is 2. The summed E-state index contributed by atoms with van der Waals surface area (Å²) in [5.41, 5.74) is 3.92. The predicted octanol–water partition coefficient (Wildman–Crippen LogP) is 4.46. The van der Waals surface area contributed by atoms with E-state index in [1.165, 1.54) is 0 Å². The van der Waals surface area contributed by atoms with Gasteiger partial charge in [0, 0.05) is 29.4 Å². The Labute approximate surface area is 159 Å². The minimum absolute atomic E-state index is 0.0352. The van der Waals surface area contributed by atoms with Gasteiger partial charge in [-0.2, -0.15) is 0 Å². The van der Waals surface area contributed by atoms with E-state index >= 15 is 0 Å². The highest BCUT2D eigenvalue weighted by atomic mass is 35.5. The molecule has 0 radical (unpaired) electrons. The van der Waals surface area contributed by atoms with Crippen LogP contribution in [0.4, 0.5) is 11.4 Å². The lowest BCUT2D eigenvalue weighted by molar-refractivity contribution is -0.122. The molecule has 1 N–H and O–H groups in total. The molecule has 0 bridgehead atoms. The first kappa shape index (κ1) is 18.5. The quantitative estimate of drug-likeness (QED) is 0.844. The monoisotopic (exact) mass is 370 g/mol. The minimum Gasteiger partial charge on any atom is -0.325 e. The van der Waals surface area contributed by atoms with Gasteiger partial charge < -0.3 is 10.2 Å². The van der Waals surface area contributed by atoms with Crippen molar-refractivity contribution in [3.63, 3.8) is 0 Å². The summed E-state index contributed by atoms with van der Waals surface area (Å²) in [6.45, 7) is 4.54. The van der Waals surface area contributed by atoms with Crippen LogP contribution in [-0.4, -0.2) is 18.4 Å². The number of carbonyl (C=O) groups is 2. The molecule has 1 atom stereocenters. The molecule has 0 spiro atoms. The molecule has 136 valence electrons. The molecule has 2 aromatic rings. The van der Waals surface area contributed by atoms with E-state index in [0.29, 0.717) is 11.6 Å². The zero-order chi connectivity index (χ0) is 18.7. The molecule has 1 aliphatic heterocycles.